The first-order valence-electron chi connectivity index (χ1n) is 12.4. The van der Waals surface area contributed by atoms with Crippen molar-refractivity contribution >= 4 is 11.9 Å². The molecule has 0 amide bonds. The van der Waals surface area contributed by atoms with Crippen molar-refractivity contribution in [3.8, 4) is 0 Å². The van der Waals surface area contributed by atoms with Gasteiger partial charge in [0.25, 0.3) is 0 Å². The molecular formula is C28H38O2. The minimum Gasteiger partial charge on any atom is -0.393 e. The fraction of sp³-hybridized carbons (Fsp3) is 0.679. The van der Waals surface area contributed by atoms with Gasteiger partial charge in [-0.2, -0.15) is 0 Å². The molecule has 4 fully saturated rings. The van der Waals surface area contributed by atoms with E-state index in [0.717, 1.165) is 36.7 Å². The second kappa shape index (κ2) is 7.62. The van der Waals surface area contributed by atoms with Gasteiger partial charge in [-0.1, -0.05) is 50.3 Å². The van der Waals surface area contributed by atoms with E-state index in [1.54, 1.807) is 0 Å². The lowest BCUT2D eigenvalue weighted by atomic mass is 9.44. The van der Waals surface area contributed by atoms with E-state index in [1.807, 2.05) is 30.4 Å². The fourth-order valence-electron chi connectivity index (χ4n) is 8.56. The van der Waals surface area contributed by atoms with E-state index in [0.29, 0.717) is 23.0 Å². The molecule has 0 radical (unpaired) electrons. The van der Waals surface area contributed by atoms with Crippen molar-refractivity contribution in [2.75, 3.05) is 0 Å². The van der Waals surface area contributed by atoms with Crippen molar-refractivity contribution in [1.82, 2.24) is 0 Å². The van der Waals surface area contributed by atoms with Crippen molar-refractivity contribution in [1.29, 1.82) is 0 Å². The van der Waals surface area contributed by atoms with Crippen LogP contribution in [0.1, 0.15) is 77.2 Å². The summed E-state index contributed by atoms with van der Waals surface area (Å²) in [5.41, 5.74) is 1.70. The molecule has 0 unspecified atom stereocenters. The van der Waals surface area contributed by atoms with Crippen LogP contribution in [0.4, 0.5) is 0 Å². The Morgan fingerprint density at radius 3 is 2.47 bits per heavy atom. The number of allylic oxidation sites excluding steroid dienone is 1. The summed E-state index contributed by atoms with van der Waals surface area (Å²) in [4.78, 5) is 13.3. The highest BCUT2D eigenvalue weighted by Gasteiger charge is 2.60. The molecule has 2 heteroatoms. The Morgan fingerprint density at radius 2 is 1.67 bits per heavy atom. The Kier molecular flexibility index (Phi) is 5.21. The smallest absolute Gasteiger partial charge is 0.159 e. The third-order valence-corrected chi connectivity index (χ3v) is 10.2. The normalized spacial score (nSPS) is 45.6. The van der Waals surface area contributed by atoms with Crippen molar-refractivity contribution in [2.45, 2.75) is 77.7 Å². The summed E-state index contributed by atoms with van der Waals surface area (Å²) in [5, 5.41) is 10.2. The Labute approximate surface area is 182 Å². The first-order chi connectivity index (χ1) is 14.4. The van der Waals surface area contributed by atoms with Crippen LogP contribution in [-0.4, -0.2) is 17.0 Å². The van der Waals surface area contributed by atoms with E-state index in [9.17, 15) is 9.90 Å². The second-order valence-corrected chi connectivity index (χ2v) is 11.4. The highest BCUT2D eigenvalue weighted by atomic mass is 16.3. The van der Waals surface area contributed by atoms with Gasteiger partial charge in [-0.25, -0.2) is 0 Å². The van der Waals surface area contributed by atoms with E-state index in [4.69, 9.17) is 0 Å². The fourth-order valence-corrected chi connectivity index (χ4v) is 8.56. The summed E-state index contributed by atoms with van der Waals surface area (Å²) in [6, 6.07) is 10.2. The highest BCUT2D eigenvalue weighted by Crippen LogP contribution is 2.67. The van der Waals surface area contributed by atoms with Crippen LogP contribution in [0.3, 0.4) is 0 Å². The van der Waals surface area contributed by atoms with Crippen LogP contribution in [0.15, 0.2) is 36.4 Å². The molecule has 0 aromatic heterocycles. The van der Waals surface area contributed by atoms with Gasteiger partial charge in [0.15, 0.2) is 5.78 Å². The van der Waals surface area contributed by atoms with Crippen LogP contribution in [0.2, 0.25) is 0 Å². The number of fused-ring (bicyclic) bond motifs is 5. The van der Waals surface area contributed by atoms with Crippen molar-refractivity contribution in [3.05, 3.63) is 42.0 Å². The molecule has 8 atom stereocenters. The second-order valence-electron chi connectivity index (χ2n) is 11.4. The molecule has 30 heavy (non-hydrogen) atoms. The third kappa shape index (κ3) is 3.22. The number of carbonyl (C=O) groups is 1. The lowest BCUT2D eigenvalue weighted by molar-refractivity contribution is -0.136. The Morgan fingerprint density at radius 1 is 0.933 bits per heavy atom. The topological polar surface area (TPSA) is 37.3 Å². The average molecular weight is 407 g/mol. The molecule has 1 aromatic rings. The predicted octanol–water partition coefficient (Wildman–Crippen LogP) is 6.29. The summed E-state index contributed by atoms with van der Waals surface area (Å²) < 4.78 is 0. The third-order valence-electron chi connectivity index (χ3n) is 10.2. The van der Waals surface area contributed by atoms with E-state index in [-0.39, 0.29) is 17.4 Å². The first-order valence-corrected chi connectivity index (χ1v) is 12.4. The number of hydrogen-bond acceptors (Lipinski definition) is 2. The zero-order chi connectivity index (χ0) is 20.9. The maximum absolute atomic E-state index is 13.3. The van der Waals surface area contributed by atoms with Gasteiger partial charge in [-0.3, -0.25) is 4.79 Å². The number of ketones is 1. The maximum Gasteiger partial charge on any atom is 0.159 e. The maximum atomic E-state index is 13.3. The predicted molar refractivity (Wildman–Crippen MR) is 122 cm³/mol. The summed E-state index contributed by atoms with van der Waals surface area (Å²) in [5.74, 6) is 3.55. The lowest BCUT2D eigenvalue weighted by Crippen LogP contribution is -2.54. The van der Waals surface area contributed by atoms with Gasteiger partial charge in [-0.15, -0.1) is 0 Å². The van der Waals surface area contributed by atoms with Crippen LogP contribution < -0.4 is 0 Å². The van der Waals surface area contributed by atoms with E-state index in [2.05, 4.69) is 26.0 Å². The number of hydrogen-bond donors (Lipinski definition) is 1. The molecule has 0 bridgehead atoms. The van der Waals surface area contributed by atoms with Crippen LogP contribution >= 0.6 is 0 Å². The molecule has 4 saturated carbocycles. The molecule has 0 heterocycles. The average Bonchev–Trinajstić information content (AvgIpc) is 3.10. The number of rotatable bonds is 3. The number of aliphatic hydroxyl groups excluding tert-OH is 1. The van der Waals surface area contributed by atoms with Gasteiger partial charge in [-0.05, 0) is 104 Å². The van der Waals surface area contributed by atoms with Gasteiger partial charge in [0.2, 0.25) is 0 Å². The first kappa shape index (κ1) is 20.5. The zero-order valence-corrected chi connectivity index (χ0v) is 18.7. The molecule has 0 aliphatic heterocycles. The van der Waals surface area contributed by atoms with Gasteiger partial charge < -0.3 is 5.11 Å². The van der Waals surface area contributed by atoms with Gasteiger partial charge in [0.1, 0.15) is 0 Å². The van der Waals surface area contributed by atoms with E-state index >= 15 is 0 Å². The number of carbonyl (C=O) groups excluding carboxylic acids is 1. The molecule has 1 aromatic carbocycles. The van der Waals surface area contributed by atoms with Crippen molar-refractivity contribution in [2.24, 2.45) is 40.4 Å². The molecule has 4 aliphatic rings. The van der Waals surface area contributed by atoms with Gasteiger partial charge >= 0.3 is 0 Å². The molecule has 162 valence electrons. The molecule has 0 saturated heterocycles. The molecule has 4 aliphatic carbocycles. The lowest BCUT2D eigenvalue weighted by Gasteiger charge is -2.60. The quantitative estimate of drug-likeness (QED) is 0.599. The summed E-state index contributed by atoms with van der Waals surface area (Å²) in [6.45, 7) is 4.99. The number of aliphatic hydroxyl groups is 1. The Balaban J connectivity index is 1.34. The standard InChI is InChI=1S/C28H38O2/c1-27-16-14-21(29)18-20(27)9-10-22-23-11-12-25(28(23,2)17-15-24(22)27)26(30)13-8-19-6-4-3-5-7-19/h3-8,13,20-25,29H,9-12,14-18H2,1-2H3/b13-8+/t20-,21-,22+,23+,24+,25-,27-,28+/m0/s1. The Bertz CT molecular complexity index is 813. The number of benzene rings is 1. The van der Waals surface area contributed by atoms with Crippen LogP contribution in [0.25, 0.3) is 6.08 Å². The zero-order valence-electron chi connectivity index (χ0n) is 18.7. The van der Waals surface area contributed by atoms with E-state index in [1.165, 1.54) is 38.5 Å². The van der Waals surface area contributed by atoms with Crippen LogP contribution in [-0.2, 0) is 4.79 Å². The molecule has 1 N–H and O–H groups in total. The van der Waals surface area contributed by atoms with Crippen LogP contribution in [0, 0.1) is 40.4 Å². The molecule has 0 spiro atoms. The van der Waals surface area contributed by atoms with Crippen LogP contribution in [0.5, 0.6) is 0 Å². The molecule has 2 nitrogen and oxygen atoms in total. The highest BCUT2D eigenvalue weighted by molar-refractivity contribution is 5.96. The van der Waals surface area contributed by atoms with Crippen molar-refractivity contribution < 1.29 is 9.90 Å². The largest absolute Gasteiger partial charge is 0.393 e. The SMILES string of the molecule is C[C@]12CC[C@H](O)C[C@@H]1CC[C@H]1[C@H]2CC[C@]2(C)[C@@H]1CC[C@H]2C(=O)/C=C/c1ccccc1. The summed E-state index contributed by atoms with van der Waals surface area (Å²) in [7, 11) is 0. The summed E-state index contributed by atoms with van der Waals surface area (Å²) in [6.07, 6.45) is 14.4. The molecule has 5 rings (SSSR count). The summed E-state index contributed by atoms with van der Waals surface area (Å²) >= 11 is 0. The monoisotopic (exact) mass is 406 g/mol. The van der Waals surface area contributed by atoms with E-state index < -0.39 is 0 Å². The van der Waals surface area contributed by atoms with Gasteiger partial charge in [0, 0.05) is 5.92 Å². The minimum atomic E-state index is -0.0710. The Hall–Kier alpha value is -1.41. The minimum absolute atomic E-state index is 0.0710. The molecular weight excluding hydrogens is 368 g/mol. The van der Waals surface area contributed by atoms with Gasteiger partial charge in [0.05, 0.1) is 6.10 Å². The van der Waals surface area contributed by atoms with Crippen molar-refractivity contribution in [3.63, 3.8) is 0 Å².